The van der Waals surface area contributed by atoms with E-state index < -0.39 is 6.10 Å². The van der Waals surface area contributed by atoms with E-state index in [4.69, 9.17) is 15.2 Å². The molecule has 0 aliphatic carbocycles. The molecule has 0 amide bonds. The molecule has 3 N–H and O–H groups in total. The molecule has 0 saturated carbocycles. The van der Waals surface area contributed by atoms with Gasteiger partial charge in [0.25, 0.3) is 0 Å². The summed E-state index contributed by atoms with van der Waals surface area (Å²) >= 11 is 0. The van der Waals surface area contributed by atoms with E-state index in [1.165, 1.54) is 0 Å². The third-order valence-electron chi connectivity index (χ3n) is 1.67. The molecular weight excluding hydrogens is 170 g/mol. The molecular formula is C9H21NO3. The van der Waals surface area contributed by atoms with Crippen LogP contribution in [-0.4, -0.2) is 43.2 Å². The zero-order valence-corrected chi connectivity index (χ0v) is 8.75. The van der Waals surface area contributed by atoms with E-state index >= 15 is 0 Å². The Hall–Kier alpha value is -0.160. The van der Waals surface area contributed by atoms with Gasteiger partial charge in [0.2, 0.25) is 0 Å². The van der Waals surface area contributed by atoms with Gasteiger partial charge in [-0.25, -0.2) is 0 Å². The molecule has 1 unspecified atom stereocenters. The first-order valence-electron chi connectivity index (χ1n) is 4.61. The van der Waals surface area contributed by atoms with Crippen LogP contribution < -0.4 is 5.73 Å². The highest BCUT2D eigenvalue weighted by molar-refractivity contribution is 4.69. The summed E-state index contributed by atoms with van der Waals surface area (Å²) in [6.07, 6.45) is -0.564. The summed E-state index contributed by atoms with van der Waals surface area (Å²) in [6, 6.07) is 0. The van der Waals surface area contributed by atoms with Crippen molar-refractivity contribution in [1.82, 2.24) is 0 Å². The molecule has 0 heterocycles. The minimum atomic E-state index is -0.564. The molecule has 0 saturated heterocycles. The zero-order valence-electron chi connectivity index (χ0n) is 8.75. The topological polar surface area (TPSA) is 64.7 Å². The first-order valence-corrected chi connectivity index (χ1v) is 4.61. The number of hydrogen-bond acceptors (Lipinski definition) is 4. The highest BCUT2D eigenvalue weighted by atomic mass is 16.5. The lowest BCUT2D eigenvalue weighted by Crippen LogP contribution is -2.37. The van der Waals surface area contributed by atoms with Crippen LogP contribution in [0.25, 0.3) is 0 Å². The lowest BCUT2D eigenvalue weighted by atomic mass is 10.1. The Labute approximate surface area is 80.0 Å². The first-order chi connectivity index (χ1) is 6.02. The summed E-state index contributed by atoms with van der Waals surface area (Å²) in [5.41, 5.74) is 5.09. The predicted octanol–water partition coefficient (Wildman–Crippen LogP) is 0.138. The van der Waals surface area contributed by atoms with Gasteiger partial charge < -0.3 is 20.3 Å². The van der Waals surface area contributed by atoms with Gasteiger partial charge >= 0.3 is 0 Å². The molecule has 4 heteroatoms. The lowest BCUT2D eigenvalue weighted by molar-refractivity contribution is -0.0740. The molecule has 4 nitrogen and oxygen atoms in total. The van der Waals surface area contributed by atoms with Crippen molar-refractivity contribution in [2.24, 2.45) is 5.73 Å². The van der Waals surface area contributed by atoms with Gasteiger partial charge in [-0.1, -0.05) is 0 Å². The number of ether oxygens (including phenoxy) is 2. The fraction of sp³-hybridized carbons (Fsp3) is 1.00. The number of aliphatic hydroxyl groups excluding tert-OH is 1. The van der Waals surface area contributed by atoms with Crippen LogP contribution in [0.3, 0.4) is 0 Å². The van der Waals surface area contributed by atoms with Gasteiger partial charge in [0.15, 0.2) is 0 Å². The van der Waals surface area contributed by atoms with E-state index in [1.807, 2.05) is 20.8 Å². The molecule has 0 fully saturated rings. The number of hydrogen-bond donors (Lipinski definition) is 2. The molecule has 0 aliphatic heterocycles. The molecule has 1 atom stereocenters. The SMILES string of the molecule is CCOCC(O)COC(C)(C)CN. The quantitative estimate of drug-likeness (QED) is 0.600. The van der Waals surface area contributed by atoms with Crippen molar-refractivity contribution in [3.63, 3.8) is 0 Å². The molecule has 0 rings (SSSR count). The van der Waals surface area contributed by atoms with E-state index in [-0.39, 0.29) is 12.2 Å². The van der Waals surface area contributed by atoms with Crippen molar-refractivity contribution in [2.45, 2.75) is 32.5 Å². The van der Waals surface area contributed by atoms with Gasteiger partial charge in [-0.3, -0.25) is 0 Å². The van der Waals surface area contributed by atoms with Crippen molar-refractivity contribution in [3.05, 3.63) is 0 Å². The van der Waals surface area contributed by atoms with Gasteiger partial charge in [-0.15, -0.1) is 0 Å². The normalized spacial score (nSPS) is 14.5. The summed E-state index contributed by atoms with van der Waals surface area (Å²) in [7, 11) is 0. The van der Waals surface area contributed by atoms with Crippen molar-refractivity contribution in [3.8, 4) is 0 Å². The summed E-state index contributed by atoms with van der Waals surface area (Å²) < 4.78 is 10.4. The van der Waals surface area contributed by atoms with E-state index in [9.17, 15) is 5.11 Å². The number of rotatable bonds is 7. The van der Waals surface area contributed by atoms with Crippen LogP contribution in [-0.2, 0) is 9.47 Å². The summed E-state index contributed by atoms with van der Waals surface area (Å²) in [5.74, 6) is 0. The van der Waals surface area contributed by atoms with Crippen molar-refractivity contribution < 1.29 is 14.6 Å². The highest BCUT2D eigenvalue weighted by Crippen LogP contribution is 2.06. The summed E-state index contributed by atoms with van der Waals surface area (Å²) in [5, 5.41) is 9.35. The van der Waals surface area contributed by atoms with E-state index in [1.54, 1.807) is 0 Å². The van der Waals surface area contributed by atoms with E-state index in [0.29, 0.717) is 19.8 Å². The minimum absolute atomic E-state index is 0.268. The van der Waals surface area contributed by atoms with Gasteiger partial charge in [0.1, 0.15) is 6.10 Å². The number of aliphatic hydroxyl groups is 1. The minimum Gasteiger partial charge on any atom is -0.388 e. The highest BCUT2D eigenvalue weighted by Gasteiger charge is 2.17. The third kappa shape index (κ3) is 6.95. The fourth-order valence-electron chi connectivity index (χ4n) is 0.683. The largest absolute Gasteiger partial charge is 0.388 e. The third-order valence-corrected chi connectivity index (χ3v) is 1.67. The molecule has 80 valence electrons. The summed E-state index contributed by atoms with van der Waals surface area (Å²) in [4.78, 5) is 0. The maximum absolute atomic E-state index is 9.35. The standard InChI is InChI=1S/C9H21NO3/c1-4-12-5-8(11)6-13-9(2,3)7-10/h8,11H,4-7,10H2,1-3H3. The molecule has 0 aromatic heterocycles. The molecule has 0 radical (unpaired) electrons. The Kier molecular flexibility index (Phi) is 6.24. The summed E-state index contributed by atoms with van der Waals surface area (Å²) in [6.45, 7) is 7.30. The molecule has 0 aromatic rings. The second-order valence-electron chi connectivity index (χ2n) is 3.59. The first kappa shape index (κ1) is 12.8. The van der Waals surface area contributed by atoms with Crippen LogP contribution in [0, 0.1) is 0 Å². The monoisotopic (exact) mass is 191 g/mol. The maximum atomic E-state index is 9.35. The van der Waals surface area contributed by atoms with Gasteiger partial charge in [0.05, 0.1) is 18.8 Å². The fourth-order valence-corrected chi connectivity index (χ4v) is 0.683. The van der Waals surface area contributed by atoms with Crippen LogP contribution >= 0.6 is 0 Å². The second kappa shape index (κ2) is 6.32. The lowest BCUT2D eigenvalue weighted by Gasteiger charge is -2.24. The molecule has 13 heavy (non-hydrogen) atoms. The van der Waals surface area contributed by atoms with E-state index in [0.717, 1.165) is 0 Å². The Bertz CT molecular complexity index is 128. The molecule has 0 bridgehead atoms. The van der Waals surface area contributed by atoms with Crippen molar-refractivity contribution in [1.29, 1.82) is 0 Å². The van der Waals surface area contributed by atoms with Crippen LogP contribution in [0.1, 0.15) is 20.8 Å². The predicted molar refractivity (Wildman–Crippen MR) is 51.6 cm³/mol. The molecule has 0 aromatic carbocycles. The number of nitrogens with two attached hydrogens (primary N) is 1. The van der Waals surface area contributed by atoms with Gasteiger partial charge in [-0.05, 0) is 20.8 Å². The Morgan fingerprint density at radius 2 is 2.00 bits per heavy atom. The molecule has 0 spiro atoms. The second-order valence-corrected chi connectivity index (χ2v) is 3.59. The van der Waals surface area contributed by atoms with Gasteiger partial charge in [0, 0.05) is 13.2 Å². The van der Waals surface area contributed by atoms with Crippen LogP contribution in [0.15, 0.2) is 0 Å². The smallest absolute Gasteiger partial charge is 0.101 e. The van der Waals surface area contributed by atoms with Crippen LogP contribution in [0.5, 0.6) is 0 Å². The van der Waals surface area contributed by atoms with Crippen LogP contribution in [0.2, 0.25) is 0 Å². The Balaban J connectivity index is 3.51. The van der Waals surface area contributed by atoms with Gasteiger partial charge in [-0.2, -0.15) is 0 Å². The average molecular weight is 191 g/mol. The zero-order chi connectivity index (χ0) is 10.3. The van der Waals surface area contributed by atoms with Crippen LogP contribution in [0.4, 0.5) is 0 Å². The van der Waals surface area contributed by atoms with E-state index in [2.05, 4.69) is 0 Å². The molecule has 0 aliphatic rings. The maximum Gasteiger partial charge on any atom is 0.101 e. The Morgan fingerprint density at radius 3 is 2.46 bits per heavy atom. The average Bonchev–Trinajstić information content (AvgIpc) is 2.11. The van der Waals surface area contributed by atoms with Crippen molar-refractivity contribution in [2.75, 3.05) is 26.4 Å². The Morgan fingerprint density at radius 1 is 1.38 bits per heavy atom. The van der Waals surface area contributed by atoms with Crippen molar-refractivity contribution >= 4 is 0 Å².